The molecule has 20 heavy (non-hydrogen) atoms. The van der Waals surface area contributed by atoms with E-state index in [0.717, 1.165) is 25.7 Å². The Morgan fingerprint density at radius 3 is 2.30 bits per heavy atom. The molecule has 1 heterocycles. The molecule has 0 bridgehead atoms. The summed E-state index contributed by atoms with van der Waals surface area (Å²) in [5.41, 5.74) is 0.283. The second-order valence-corrected chi connectivity index (χ2v) is 8.08. The lowest BCUT2D eigenvalue weighted by atomic mass is 9.72. The minimum atomic E-state index is -3.72. The monoisotopic (exact) mass is 297 g/mol. The van der Waals surface area contributed by atoms with Gasteiger partial charge >= 0.3 is 10.1 Å². The van der Waals surface area contributed by atoms with Crippen molar-refractivity contribution >= 4 is 10.1 Å². The Hall–Kier alpha value is -0.940. The van der Waals surface area contributed by atoms with Crippen LogP contribution < -0.4 is 0 Å². The van der Waals surface area contributed by atoms with Gasteiger partial charge in [0.25, 0.3) is 0 Å². The molecule has 1 fully saturated rings. The van der Waals surface area contributed by atoms with E-state index in [-0.39, 0.29) is 16.5 Å². The van der Waals surface area contributed by atoms with Gasteiger partial charge in [-0.05, 0) is 49.1 Å². The molecule has 0 spiro atoms. The second-order valence-electron chi connectivity index (χ2n) is 6.56. The van der Waals surface area contributed by atoms with Crippen LogP contribution in [-0.2, 0) is 14.3 Å². The quantitative estimate of drug-likeness (QED) is 0.802. The van der Waals surface area contributed by atoms with Crippen molar-refractivity contribution in [3.05, 3.63) is 24.4 Å². The van der Waals surface area contributed by atoms with Gasteiger partial charge in [0.2, 0.25) is 0 Å². The van der Waals surface area contributed by atoms with Crippen LogP contribution in [0.5, 0.6) is 0 Å². The fraction of sp³-hybridized carbons (Fsp3) is 0.667. The highest BCUT2D eigenvalue weighted by Crippen LogP contribution is 2.39. The first-order chi connectivity index (χ1) is 9.29. The summed E-state index contributed by atoms with van der Waals surface area (Å²) in [7, 11) is -3.72. The van der Waals surface area contributed by atoms with Crippen LogP contribution in [0.25, 0.3) is 0 Å². The summed E-state index contributed by atoms with van der Waals surface area (Å²) in [5.74, 6) is 0.639. The molecule has 112 valence electrons. The van der Waals surface area contributed by atoms with E-state index >= 15 is 0 Å². The minimum absolute atomic E-state index is 0.00190. The summed E-state index contributed by atoms with van der Waals surface area (Å²) in [6.07, 6.45) is 4.90. The third-order valence-corrected chi connectivity index (χ3v) is 5.33. The van der Waals surface area contributed by atoms with Crippen molar-refractivity contribution in [2.24, 2.45) is 11.3 Å². The van der Waals surface area contributed by atoms with Crippen molar-refractivity contribution in [3.63, 3.8) is 0 Å². The fourth-order valence-electron chi connectivity index (χ4n) is 2.75. The fourth-order valence-corrected chi connectivity index (χ4v) is 3.83. The molecule has 0 unspecified atom stereocenters. The zero-order chi connectivity index (χ0) is 14.8. The molecule has 0 N–H and O–H groups in total. The summed E-state index contributed by atoms with van der Waals surface area (Å²) in [6, 6.07) is 4.81. The molecule has 0 atom stereocenters. The average Bonchev–Trinajstić information content (AvgIpc) is 2.39. The summed E-state index contributed by atoms with van der Waals surface area (Å²) in [4.78, 5) is 3.86. The van der Waals surface area contributed by atoms with Crippen molar-refractivity contribution in [1.29, 1.82) is 0 Å². The maximum Gasteiger partial charge on any atom is 0.314 e. The molecule has 1 saturated carbocycles. The van der Waals surface area contributed by atoms with Gasteiger partial charge in [0, 0.05) is 6.20 Å². The van der Waals surface area contributed by atoms with Crippen LogP contribution in [0.15, 0.2) is 29.4 Å². The normalized spacial score (nSPS) is 24.6. The van der Waals surface area contributed by atoms with Crippen LogP contribution >= 0.6 is 0 Å². The minimum Gasteiger partial charge on any atom is -0.262 e. The van der Waals surface area contributed by atoms with Gasteiger partial charge in [0.15, 0.2) is 5.03 Å². The first-order valence-corrected chi connectivity index (χ1v) is 8.54. The van der Waals surface area contributed by atoms with Crippen molar-refractivity contribution in [1.82, 2.24) is 4.98 Å². The number of aromatic nitrogens is 1. The number of pyridine rings is 1. The van der Waals surface area contributed by atoms with E-state index < -0.39 is 10.1 Å². The molecular formula is C15H23NO3S. The smallest absolute Gasteiger partial charge is 0.262 e. The standard InChI is InChI=1S/C15H23NO3S/c1-15(2,3)12-7-9-13(10-8-12)19-20(17,18)14-6-4-5-11-16-14/h4-6,11-13H,7-10H2,1-3H3. The van der Waals surface area contributed by atoms with E-state index in [0.29, 0.717) is 5.92 Å². The van der Waals surface area contributed by atoms with Crippen LogP contribution in [0, 0.1) is 11.3 Å². The topological polar surface area (TPSA) is 56.3 Å². The summed E-state index contributed by atoms with van der Waals surface area (Å²) in [6.45, 7) is 6.72. The molecule has 0 saturated heterocycles. The van der Waals surface area contributed by atoms with E-state index in [1.54, 1.807) is 12.1 Å². The Labute approximate surface area is 121 Å². The van der Waals surface area contributed by atoms with Crippen LogP contribution in [0.4, 0.5) is 0 Å². The number of rotatable bonds is 3. The van der Waals surface area contributed by atoms with E-state index in [4.69, 9.17) is 4.18 Å². The van der Waals surface area contributed by atoms with Crippen LogP contribution in [0.3, 0.4) is 0 Å². The van der Waals surface area contributed by atoms with Gasteiger partial charge in [0.05, 0.1) is 6.10 Å². The number of hydrogen-bond donors (Lipinski definition) is 0. The second kappa shape index (κ2) is 5.82. The predicted molar refractivity (Wildman–Crippen MR) is 77.7 cm³/mol. The maximum absolute atomic E-state index is 12.1. The Bertz CT molecular complexity index is 526. The van der Waals surface area contributed by atoms with Crippen molar-refractivity contribution in [3.8, 4) is 0 Å². The Morgan fingerprint density at radius 1 is 1.15 bits per heavy atom. The lowest BCUT2D eigenvalue weighted by molar-refractivity contribution is 0.0922. The summed E-state index contributed by atoms with van der Waals surface area (Å²) in [5, 5.41) is -0.00190. The summed E-state index contributed by atoms with van der Waals surface area (Å²) >= 11 is 0. The molecule has 1 aliphatic rings. The molecule has 2 rings (SSSR count). The average molecular weight is 297 g/mol. The molecule has 1 aliphatic carbocycles. The molecule has 1 aromatic rings. The van der Waals surface area contributed by atoms with Gasteiger partial charge in [-0.3, -0.25) is 4.18 Å². The molecule has 5 heteroatoms. The van der Waals surface area contributed by atoms with Crippen molar-refractivity contribution < 1.29 is 12.6 Å². The molecule has 0 amide bonds. The Balaban J connectivity index is 1.96. The first-order valence-electron chi connectivity index (χ1n) is 7.13. The highest BCUT2D eigenvalue weighted by atomic mass is 32.2. The molecule has 0 radical (unpaired) electrons. The van der Waals surface area contributed by atoms with Crippen LogP contribution in [-0.4, -0.2) is 19.5 Å². The largest absolute Gasteiger partial charge is 0.314 e. The molecule has 4 nitrogen and oxygen atoms in total. The zero-order valence-corrected chi connectivity index (χ0v) is 13.2. The molecule has 1 aromatic heterocycles. The van der Waals surface area contributed by atoms with Crippen molar-refractivity contribution in [2.75, 3.05) is 0 Å². The van der Waals surface area contributed by atoms with Gasteiger partial charge < -0.3 is 0 Å². The van der Waals surface area contributed by atoms with Crippen LogP contribution in [0.2, 0.25) is 0 Å². The number of nitrogens with zero attached hydrogens (tertiary/aromatic N) is 1. The van der Waals surface area contributed by atoms with Crippen molar-refractivity contribution in [2.45, 2.75) is 57.6 Å². The maximum atomic E-state index is 12.1. The third kappa shape index (κ3) is 3.79. The van der Waals surface area contributed by atoms with E-state index in [1.807, 2.05) is 0 Å². The highest BCUT2D eigenvalue weighted by molar-refractivity contribution is 7.86. The van der Waals surface area contributed by atoms with Gasteiger partial charge in [-0.15, -0.1) is 0 Å². The lowest BCUT2D eigenvalue weighted by Crippen LogP contribution is -2.30. The van der Waals surface area contributed by atoms with E-state index in [2.05, 4.69) is 25.8 Å². The highest BCUT2D eigenvalue weighted by Gasteiger charge is 2.32. The number of hydrogen-bond acceptors (Lipinski definition) is 4. The van der Waals surface area contributed by atoms with Gasteiger partial charge in [0.1, 0.15) is 0 Å². The molecule has 0 aromatic carbocycles. The van der Waals surface area contributed by atoms with E-state index in [9.17, 15) is 8.42 Å². The SMILES string of the molecule is CC(C)(C)C1CCC(OS(=O)(=O)c2ccccn2)CC1. The van der Waals surface area contributed by atoms with Crippen LogP contribution in [0.1, 0.15) is 46.5 Å². The summed E-state index contributed by atoms with van der Waals surface area (Å²) < 4.78 is 29.5. The Morgan fingerprint density at radius 2 is 1.80 bits per heavy atom. The lowest BCUT2D eigenvalue weighted by Gasteiger charge is -2.36. The third-order valence-electron chi connectivity index (χ3n) is 4.06. The first kappa shape index (κ1) is 15.4. The predicted octanol–water partition coefficient (Wildman–Crippen LogP) is 3.39. The Kier molecular flexibility index (Phi) is 4.49. The molecular weight excluding hydrogens is 274 g/mol. The van der Waals surface area contributed by atoms with Gasteiger partial charge in [-0.2, -0.15) is 8.42 Å². The zero-order valence-electron chi connectivity index (χ0n) is 12.4. The van der Waals surface area contributed by atoms with Gasteiger partial charge in [-0.25, -0.2) is 4.98 Å². The van der Waals surface area contributed by atoms with Gasteiger partial charge in [-0.1, -0.05) is 26.8 Å². The molecule has 0 aliphatic heterocycles. The van der Waals surface area contributed by atoms with E-state index in [1.165, 1.54) is 12.3 Å².